The SMILES string of the molecule is COc1ccc(OCC(CN)c2ccccn2)cc1. The minimum absolute atomic E-state index is 0.100. The molecule has 0 saturated carbocycles. The average Bonchev–Trinajstić information content (AvgIpc) is 2.49. The maximum absolute atomic E-state index is 5.77. The number of hydrogen-bond acceptors (Lipinski definition) is 4. The highest BCUT2D eigenvalue weighted by atomic mass is 16.5. The van der Waals surface area contributed by atoms with Gasteiger partial charge < -0.3 is 15.2 Å². The molecule has 1 aromatic heterocycles. The highest BCUT2D eigenvalue weighted by molar-refractivity contribution is 5.31. The van der Waals surface area contributed by atoms with Crippen LogP contribution in [-0.4, -0.2) is 25.2 Å². The minimum atomic E-state index is 0.100. The Morgan fingerprint density at radius 3 is 2.42 bits per heavy atom. The van der Waals surface area contributed by atoms with Crippen LogP contribution < -0.4 is 15.2 Å². The second-order valence-corrected chi connectivity index (χ2v) is 4.17. The Bertz CT molecular complexity index is 485. The third-order valence-electron chi connectivity index (χ3n) is 2.90. The first kappa shape index (κ1) is 13.4. The fourth-order valence-electron chi connectivity index (χ4n) is 1.76. The van der Waals surface area contributed by atoms with E-state index in [4.69, 9.17) is 15.2 Å². The summed E-state index contributed by atoms with van der Waals surface area (Å²) in [4.78, 5) is 4.31. The van der Waals surface area contributed by atoms with Gasteiger partial charge >= 0.3 is 0 Å². The molecule has 0 saturated heterocycles. The summed E-state index contributed by atoms with van der Waals surface area (Å²) in [6.45, 7) is 1.02. The maximum Gasteiger partial charge on any atom is 0.119 e. The monoisotopic (exact) mass is 258 g/mol. The van der Waals surface area contributed by atoms with Gasteiger partial charge in [0.15, 0.2) is 0 Å². The van der Waals surface area contributed by atoms with Crippen molar-refractivity contribution >= 4 is 0 Å². The van der Waals surface area contributed by atoms with E-state index in [1.54, 1.807) is 13.3 Å². The molecule has 2 N–H and O–H groups in total. The number of benzene rings is 1. The van der Waals surface area contributed by atoms with Crippen LogP contribution in [0.1, 0.15) is 11.6 Å². The molecular formula is C15H18N2O2. The smallest absolute Gasteiger partial charge is 0.119 e. The highest BCUT2D eigenvalue weighted by Gasteiger charge is 2.11. The highest BCUT2D eigenvalue weighted by Crippen LogP contribution is 2.19. The fourth-order valence-corrected chi connectivity index (χ4v) is 1.76. The minimum Gasteiger partial charge on any atom is -0.497 e. The Labute approximate surface area is 113 Å². The number of pyridine rings is 1. The molecular weight excluding hydrogens is 240 g/mol. The quantitative estimate of drug-likeness (QED) is 0.863. The normalized spacial score (nSPS) is 11.9. The predicted molar refractivity (Wildman–Crippen MR) is 74.5 cm³/mol. The van der Waals surface area contributed by atoms with Gasteiger partial charge in [0.05, 0.1) is 13.7 Å². The van der Waals surface area contributed by atoms with Gasteiger partial charge in [0, 0.05) is 24.4 Å². The van der Waals surface area contributed by atoms with E-state index in [0.29, 0.717) is 13.2 Å². The van der Waals surface area contributed by atoms with Gasteiger partial charge in [0.1, 0.15) is 11.5 Å². The topological polar surface area (TPSA) is 57.4 Å². The van der Waals surface area contributed by atoms with E-state index >= 15 is 0 Å². The number of ether oxygens (including phenoxy) is 2. The van der Waals surface area contributed by atoms with E-state index in [9.17, 15) is 0 Å². The van der Waals surface area contributed by atoms with Crippen molar-refractivity contribution in [3.8, 4) is 11.5 Å². The van der Waals surface area contributed by atoms with E-state index in [-0.39, 0.29) is 5.92 Å². The number of aromatic nitrogens is 1. The molecule has 4 heteroatoms. The van der Waals surface area contributed by atoms with E-state index in [1.165, 1.54) is 0 Å². The van der Waals surface area contributed by atoms with Crippen LogP contribution in [0, 0.1) is 0 Å². The van der Waals surface area contributed by atoms with Crippen LogP contribution in [0.2, 0.25) is 0 Å². The van der Waals surface area contributed by atoms with Gasteiger partial charge in [-0.1, -0.05) is 6.07 Å². The number of nitrogens with zero attached hydrogens (tertiary/aromatic N) is 1. The van der Waals surface area contributed by atoms with Crippen molar-refractivity contribution in [2.75, 3.05) is 20.3 Å². The molecule has 1 heterocycles. The number of rotatable bonds is 6. The summed E-state index contributed by atoms with van der Waals surface area (Å²) >= 11 is 0. The number of nitrogens with two attached hydrogens (primary N) is 1. The largest absolute Gasteiger partial charge is 0.497 e. The van der Waals surface area contributed by atoms with Gasteiger partial charge in [-0.05, 0) is 36.4 Å². The average molecular weight is 258 g/mol. The first-order valence-corrected chi connectivity index (χ1v) is 6.21. The Balaban J connectivity index is 1.96. The van der Waals surface area contributed by atoms with Crippen LogP contribution in [-0.2, 0) is 0 Å². The van der Waals surface area contributed by atoms with Crippen LogP contribution in [0.5, 0.6) is 11.5 Å². The van der Waals surface area contributed by atoms with Gasteiger partial charge in [-0.2, -0.15) is 0 Å². The van der Waals surface area contributed by atoms with Crippen molar-refractivity contribution in [1.82, 2.24) is 4.98 Å². The van der Waals surface area contributed by atoms with Crippen molar-refractivity contribution in [3.05, 3.63) is 54.4 Å². The molecule has 1 aromatic carbocycles. The molecule has 0 radical (unpaired) electrons. The zero-order valence-corrected chi connectivity index (χ0v) is 11.0. The van der Waals surface area contributed by atoms with Crippen LogP contribution in [0.15, 0.2) is 48.7 Å². The molecule has 0 aliphatic rings. The lowest BCUT2D eigenvalue weighted by Gasteiger charge is -2.15. The molecule has 2 aromatic rings. The summed E-state index contributed by atoms with van der Waals surface area (Å²) in [5, 5.41) is 0. The number of hydrogen-bond donors (Lipinski definition) is 1. The van der Waals surface area contributed by atoms with Gasteiger partial charge in [0.2, 0.25) is 0 Å². The molecule has 19 heavy (non-hydrogen) atoms. The predicted octanol–water partition coefficient (Wildman–Crippen LogP) is 2.21. The maximum atomic E-state index is 5.77. The molecule has 1 unspecified atom stereocenters. The number of methoxy groups -OCH3 is 1. The lowest BCUT2D eigenvalue weighted by Crippen LogP contribution is -2.20. The molecule has 1 atom stereocenters. The zero-order valence-electron chi connectivity index (χ0n) is 11.0. The lowest BCUT2D eigenvalue weighted by molar-refractivity contribution is 0.287. The van der Waals surface area contributed by atoms with Gasteiger partial charge in [0.25, 0.3) is 0 Å². The first-order chi connectivity index (χ1) is 9.33. The first-order valence-electron chi connectivity index (χ1n) is 6.21. The van der Waals surface area contributed by atoms with Crippen molar-refractivity contribution in [1.29, 1.82) is 0 Å². The fraction of sp³-hybridized carbons (Fsp3) is 0.267. The van der Waals surface area contributed by atoms with Crippen LogP contribution >= 0.6 is 0 Å². The Kier molecular flexibility index (Phi) is 4.75. The molecule has 2 rings (SSSR count). The van der Waals surface area contributed by atoms with Crippen molar-refractivity contribution in [2.24, 2.45) is 5.73 Å². The molecule has 100 valence electrons. The van der Waals surface area contributed by atoms with E-state index < -0.39 is 0 Å². The van der Waals surface area contributed by atoms with Crippen LogP contribution in [0.25, 0.3) is 0 Å². The van der Waals surface area contributed by atoms with Gasteiger partial charge in [-0.25, -0.2) is 0 Å². The lowest BCUT2D eigenvalue weighted by atomic mass is 10.1. The zero-order chi connectivity index (χ0) is 13.5. The van der Waals surface area contributed by atoms with Gasteiger partial charge in [-0.15, -0.1) is 0 Å². The van der Waals surface area contributed by atoms with Gasteiger partial charge in [-0.3, -0.25) is 4.98 Å². The third kappa shape index (κ3) is 3.69. The molecule has 4 nitrogen and oxygen atoms in total. The molecule has 0 spiro atoms. The van der Waals surface area contributed by atoms with Crippen LogP contribution in [0.4, 0.5) is 0 Å². The van der Waals surface area contributed by atoms with Crippen molar-refractivity contribution < 1.29 is 9.47 Å². The summed E-state index contributed by atoms with van der Waals surface area (Å²) in [5.74, 6) is 1.71. The molecule has 0 bridgehead atoms. The van der Waals surface area contributed by atoms with Crippen molar-refractivity contribution in [2.45, 2.75) is 5.92 Å². The molecule has 0 fully saturated rings. The molecule has 0 aliphatic heterocycles. The summed E-state index contributed by atoms with van der Waals surface area (Å²) < 4.78 is 10.8. The third-order valence-corrected chi connectivity index (χ3v) is 2.90. The summed E-state index contributed by atoms with van der Waals surface area (Å²) in [6.07, 6.45) is 1.77. The summed E-state index contributed by atoms with van der Waals surface area (Å²) in [7, 11) is 1.64. The Morgan fingerprint density at radius 2 is 1.84 bits per heavy atom. The summed E-state index contributed by atoms with van der Waals surface area (Å²) in [5.41, 5.74) is 6.73. The molecule has 0 amide bonds. The second kappa shape index (κ2) is 6.75. The summed E-state index contributed by atoms with van der Waals surface area (Å²) in [6, 6.07) is 13.3. The molecule has 0 aliphatic carbocycles. The Morgan fingerprint density at radius 1 is 1.11 bits per heavy atom. The standard InChI is InChI=1S/C15H18N2O2/c1-18-13-5-7-14(8-6-13)19-11-12(10-16)15-4-2-3-9-17-15/h2-9,12H,10-11,16H2,1H3. The van der Waals surface area contributed by atoms with E-state index in [2.05, 4.69) is 4.98 Å². The second-order valence-electron chi connectivity index (χ2n) is 4.17. The van der Waals surface area contributed by atoms with E-state index in [0.717, 1.165) is 17.2 Å². The van der Waals surface area contributed by atoms with Crippen molar-refractivity contribution in [3.63, 3.8) is 0 Å². The van der Waals surface area contributed by atoms with E-state index in [1.807, 2.05) is 42.5 Å². The Hall–Kier alpha value is -2.07. The van der Waals surface area contributed by atoms with Crippen LogP contribution in [0.3, 0.4) is 0 Å².